The molecule has 0 aliphatic heterocycles. The molecule has 1 N–H and O–H groups in total. The lowest BCUT2D eigenvalue weighted by molar-refractivity contribution is 0.470. The van der Waals surface area contributed by atoms with Crippen LogP contribution < -0.4 is 5.32 Å². The summed E-state index contributed by atoms with van der Waals surface area (Å²) in [6.07, 6.45) is 0.913. The Balaban J connectivity index is 1.81. The Morgan fingerprint density at radius 2 is 2.20 bits per heavy atom. The largest absolute Gasteiger partial charge is 0.461 e. The third kappa shape index (κ3) is 2.76. The third-order valence-corrected chi connectivity index (χ3v) is 4.13. The van der Waals surface area contributed by atoms with Crippen molar-refractivity contribution in [2.75, 3.05) is 6.54 Å². The van der Waals surface area contributed by atoms with Gasteiger partial charge >= 0.3 is 0 Å². The molecule has 3 nitrogen and oxygen atoms in total. The average molecular weight is 286 g/mol. The van der Waals surface area contributed by atoms with Gasteiger partial charge in [0.25, 0.3) is 0 Å². The highest BCUT2D eigenvalue weighted by atomic mass is 32.1. The van der Waals surface area contributed by atoms with E-state index in [9.17, 15) is 0 Å². The minimum absolute atomic E-state index is 0.433. The van der Waals surface area contributed by atoms with Gasteiger partial charge in [0.2, 0.25) is 0 Å². The first-order valence-electron chi connectivity index (χ1n) is 6.92. The molecule has 1 atom stereocenters. The molecular weight excluding hydrogens is 268 g/mol. The van der Waals surface area contributed by atoms with Crippen molar-refractivity contribution in [1.29, 1.82) is 0 Å². The molecule has 2 aromatic heterocycles. The Bertz CT molecular complexity index is 701. The Hall–Kier alpha value is -1.65. The van der Waals surface area contributed by atoms with E-state index in [1.807, 2.05) is 11.6 Å². The summed E-state index contributed by atoms with van der Waals surface area (Å²) in [6.45, 7) is 5.28. The van der Waals surface area contributed by atoms with Crippen molar-refractivity contribution in [3.8, 4) is 11.3 Å². The number of nitrogens with zero attached hydrogens (tertiary/aromatic N) is 1. The van der Waals surface area contributed by atoms with E-state index in [0.29, 0.717) is 6.04 Å². The molecule has 0 amide bonds. The molecule has 104 valence electrons. The Kier molecular flexibility index (Phi) is 3.85. The van der Waals surface area contributed by atoms with Crippen molar-refractivity contribution in [3.05, 3.63) is 41.6 Å². The Morgan fingerprint density at radius 1 is 1.30 bits per heavy atom. The van der Waals surface area contributed by atoms with Gasteiger partial charge in [-0.05, 0) is 43.8 Å². The van der Waals surface area contributed by atoms with Gasteiger partial charge in [-0.25, -0.2) is 4.98 Å². The monoisotopic (exact) mass is 286 g/mol. The SMILES string of the molecule is CCNC(C)Cc1ccc(-c2ccc3ncsc3c2)o1. The quantitative estimate of drug-likeness (QED) is 0.767. The number of nitrogens with one attached hydrogen (secondary N) is 1. The number of furan rings is 1. The third-order valence-electron chi connectivity index (χ3n) is 3.34. The number of hydrogen-bond donors (Lipinski definition) is 1. The maximum Gasteiger partial charge on any atom is 0.134 e. The van der Waals surface area contributed by atoms with Crippen LogP contribution in [0.25, 0.3) is 21.5 Å². The molecule has 0 saturated heterocycles. The molecule has 1 aromatic carbocycles. The molecule has 20 heavy (non-hydrogen) atoms. The molecule has 0 saturated carbocycles. The van der Waals surface area contributed by atoms with E-state index >= 15 is 0 Å². The minimum Gasteiger partial charge on any atom is -0.461 e. The highest BCUT2D eigenvalue weighted by Gasteiger charge is 2.09. The van der Waals surface area contributed by atoms with Crippen molar-refractivity contribution >= 4 is 21.6 Å². The zero-order chi connectivity index (χ0) is 13.9. The second-order valence-electron chi connectivity index (χ2n) is 4.96. The summed E-state index contributed by atoms with van der Waals surface area (Å²) in [7, 11) is 0. The van der Waals surface area contributed by atoms with E-state index in [2.05, 4.69) is 48.4 Å². The zero-order valence-electron chi connectivity index (χ0n) is 11.7. The van der Waals surface area contributed by atoms with Crippen molar-refractivity contribution < 1.29 is 4.42 Å². The smallest absolute Gasteiger partial charge is 0.134 e. The summed E-state index contributed by atoms with van der Waals surface area (Å²) in [4.78, 5) is 4.30. The van der Waals surface area contributed by atoms with Crippen LogP contribution in [-0.4, -0.2) is 17.6 Å². The van der Waals surface area contributed by atoms with E-state index in [0.717, 1.165) is 35.6 Å². The first-order chi connectivity index (χ1) is 9.76. The lowest BCUT2D eigenvalue weighted by Crippen LogP contribution is -2.27. The van der Waals surface area contributed by atoms with Crippen LogP contribution in [0, 0.1) is 0 Å². The van der Waals surface area contributed by atoms with Crippen LogP contribution in [0.1, 0.15) is 19.6 Å². The van der Waals surface area contributed by atoms with Crippen LogP contribution >= 0.6 is 11.3 Å². The van der Waals surface area contributed by atoms with Crippen molar-refractivity contribution in [2.45, 2.75) is 26.3 Å². The second-order valence-corrected chi connectivity index (χ2v) is 5.85. The van der Waals surface area contributed by atoms with Gasteiger partial charge in [-0.3, -0.25) is 0 Å². The summed E-state index contributed by atoms with van der Waals surface area (Å²) >= 11 is 1.66. The molecule has 0 aliphatic rings. The highest BCUT2D eigenvalue weighted by Crippen LogP contribution is 2.27. The Morgan fingerprint density at radius 3 is 3.05 bits per heavy atom. The van der Waals surface area contributed by atoms with E-state index in [1.165, 1.54) is 4.70 Å². The number of hydrogen-bond acceptors (Lipinski definition) is 4. The predicted octanol–water partition coefficient (Wildman–Crippen LogP) is 4.10. The predicted molar refractivity (Wildman–Crippen MR) is 84.2 cm³/mol. The summed E-state index contributed by atoms with van der Waals surface area (Å²) in [5.74, 6) is 1.96. The van der Waals surface area contributed by atoms with Gasteiger partial charge in [0.15, 0.2) is 0 Å². The van der Waals surface area contributed by atoms with Crippen LogP contribution in [0.3, 0.4) is 0 Å². The van der Waals surface area contributed by atoms with Crippen LogP contribution in [0.5, 0.6) is 0 Å². The second kappa shape index (κ2) is 5.77. The van der Waals surface area contributed by atoms with Crippen molar-refractivity contribution in [2.24, 2.45) is 0 Å². The maximum absolute atomic E-state index is 5.96. The summed E-state index contributed by atoms with van der Waals surface area (Å²) < 4.78 is 7.15. The molecule has 3 rings (SSSR count). The molecular formula is C16H18N2OS. The van der Waals surface area contributed by atoms with Gasteiger partial charge in [-0.1, -0.05) is 6.92 Å². The van der Waals surface area contributed by atoms with Gasteiger partial charge in [0, 0.05) is 18.0 Å². The van der Waals surface area contributed by atoms with E-state index in [4.69, 9.17) is 4.42 Å². The van der Waals surface area contributed by atoms with Crippen LogP contribution in [0.15, 0.2) is 40.3 Å². The molecule has 0 spiro atoms. The minimum atomic E-state index is 0.433. The summed E-state index contributed by atoms with van der Waals surface area (Å²) in [6, 6.07) is 10.8. The number of rotatable bonds is 5. The van der Waals surface area contributed by atoms with Gasteiger partial charge < -0.3 is 9.73 Å². The van der Waals surface area contributed by atoms with E-state index in [1.54, 1.807) is 11.3 Å². The number of benzene rings is 1. The lowest BCUT2D eigenvalue weighted by Gasteiger charge is -2.09. The first kappa shape index (κ1) is 13.3. The standard InChI is InChI=1S/C16H18N2OS/c1-3-17-11(2)8-13-5-7-15(19-13)12-4-6-14-16(9-12)20-10-18-14/h4-7,9-11,17H,3,8H2,1-2H3. The maximum atomic E-state index is 5.96. The number of likely N-dealkylation sites (N-methyl/N-ethyl adjacent to an activating group) is 1. The fraction of sp³-hybridized carbons (Fsp3) is 0.312. The normalized spacial score (nSPS) is 12.9. The number of fused-ring (bicyclic) bond motifs is 1. The first-order valence-corrected chi connectivity index (χ1v) is 7.80. The van der Waals surface area contributed by atoms with Gasteiger partial charge in [0.1, 0.15) is 11.5 Å². The molecule has 1 unspecified atom stereocenters. The lowest BCUT2D eigenvalue weighted by atomic mass is 10.1. The van der Waals surface area contributed by atoms with Crippen LogP contribution in [0.2, 0.25) is 0 Å². The van der Waals surface area contributed by atoms with Gasteiger partial charge in [0.05, 0.1) is 15.7 Å². The topological polar surface area (TPSA) is 38.1 Å². The number of thiazole rings is 1. The average Bonchev–Trinajstić information content (AvgIpc) is 3.06. The molecule has 0 fully saturated rings. The van der Waals surface area contributed by atoms with E-state index in [-0.39, 0.29) is 0 Å². The number of aromatic nitrogens is 1. The fourth-order valence-electron chi connectivity index (χ4n) is 2.37. The van der Waals surface area contributed by atoms with Crippen molar-refractivity contribution in [3.63, 3.8) is 0 Å². The van der Waals surface area contributed by atoms with Gasteiger partial charge in [-0.15, -0.1) is 11.3 Å². The van der Waals surface area contributed by atoms with Crippen molar-refractivity contribution in [1.82, 2.24) is 10.3 Å². The molecule has 4 heteroatoms. The molecule has 3 aromatic rings. The molecule has 2 heterocycles. The highest BCUT2D eigenvalue weighted by molar-refractivity contribution is 7.16. The van der Waals surface area contributed by atoms with Crippen LogP contribution in [0.4, 0.5) is 0 Å². The Labute approximate surface area is 122 Å². The van der Waals surface area contributed by atoms with Crippen LogP contribution in [-0.2, 0) is 6.42 Å². The fourth-order valence-corrected chi connectivity index (χ4v) is 3.09. The van der Waals surface area contributed by atoms with E-state index < -0.39 is 0 Å². The molecule has 0 bridgehead atoms. The van der Waals surface area contributed by atoms with Gasteiger partial charge in [-0.2, -0.15) is 0 Å². The zero-order valence-corrected chi connectivity index (χ0v) is 12.5. The molecule has 0 radical (unpaired) electrons. The molecule has 0 aliphatic carbocycles. The summed E-state index contributed by atoms with van der Waals surface area (Å²) in [5.41, 5.74) is 4.04. The summed E-state index contributed by atoms with van der Waals surface area (Å²) in [5, 5.41) is 3.40.